The summed E-state index contributed by atoms with van der Waals surface area (Å²) in [6.45, 7) is 5.43. The minimum atomic E-state index is -0.0241. The Kier molecular flexibility index (Phi) is 7.49. The van der Waals surface area contributed by atoms with Crippen molar-refractivity contribution in [3.8, 4) is 5.75 Å². The van der Waals surface area contributed by atoms with E-state index in [1.807, 2.05) is 36.4 Å². The third-order valence-corrected chi connectivity index (χ3v) is 5.55. The molecule has 150 valence electrons. The number of carbonyl (C=O) groups is 1. The Labute approximate surface area is 168 Å². The monoisotopic (exact) mass is 380 g/mol. The fourth-order valence-electron chi connectivity index (χ4n) is 3.81. The fourth-order valence-corrected chi connectivity index (χ4v) is 3.81. The van der Waals surface area contributed by atoms with Gasteiger partial charge in [-0.1, -0.05) is 44.0 Å². The zero-order valence-corrected chi connectivity index (χ0v) is 17.1. The first-order valence-corrected chi connectivity index (χ1v) is 10.5. The number of carbonyl (C=O) groups excluding carboxylic acids is 1. The van der Waals surface area contributed by atoms with Crippen molar-refractivity contribution in [3.63, 3.8) is 0 Å². The van der Waals surface area contributed by atoms with Crippen molar-refractivity contribution >= 4 is 5.91 Å². The average Bonchev–Trinajstić information content (AvgIpc) is 3.01. The van der Waals surface area contributed by atoms with Gasteiger partial charge in [-0.15, -0.1) is 0 Å². The Balaban J connectivity index is 1.59. The number of methoxy groups -OCH3 is 1. The summed E-state index contributed by atoms with van der Waals surface area (Å²) in [6.07, 6.45) is 6.13. The molecule has 1 heterocycles. The van der Waals surface area contributed by atoms with Crippen LogP contribution in [-0.2, 0) is 6.54 Å². The Bertz CT molecular complexity index is 732. The standard InChI is InChI=1S/C24H32N2O2/c1-3-23(20-12-14-22(28-2)15-13-20)25-24(27)21-10-8-19(9-11-21)18-26-16-6-4-5-7-17-26/h8-15,23H,3-7,16-18H2,1-2H3,(H,25,27). The van der Waals surface area contributed by atoms with Gasteiger partial charge in [0.2, 0.25) is 0 Å². The van der Waals surface area contributed by atoms with Crippen molar-refractivity contribution in [2.75, 3.05) is 20.2 Å². The van der Waals surface area contributed by atoms with Crippen LogP contribution < -0.4 is 10.1 Å². The minimum absolute atomic E-state index is 0.00446. The van der Waals surface area contributed by atoms with Crippen LogP contribution in [0.25, 0.3) is 0 Å². The van der Waals surface area contributed by atoms with Gasteiger partial charge in [-0.3, -0.25) is 9.69 Å². The SMILES string of the molecule is CCC(NC(=O)c1ccc(CN2CCCCCC2)cc1)c1ccc(OC)cc1. The number of benzene rings is 2. The maximum Gasteiger partial charge on any atom is 0.251 e. The van der Waals surface area contributed by atoms with Crippen molar-refractivity contribution in [2.24, 2.45) is 0 Å². The van der Waals surface area contributed by atoms with E-state index in [9.17, 15) is 4.79 Å². The van der Waals surface area contributed by atoms with Gasteiger partial charge in [0, 0.05) is 12.1 Å². The Morgan fingerprint density at radius 1 is 1.00 bits per heavy atom. The van der Waals surface area contributed by atoms with Gasteiger partial charge in [-0.2, -0.15) is 0 Å². The number of likely N-dealkylation sites (tertiary alicyclic amines) is 1. The molecule has 1 unspecified atom stereocenters. The molecule has 0 saturated carbocycles. The molecular formula is C24H32N2O2. The van der Waals surface area contributed by atoms with Gasteiger partial charge in [0.25, 0.3) is 5.91 Å². The molecule has 3 rings (SSSR count). The molecule has 1 fully saturated rings. The second-order valence-electron chi connectivity index (χ2n) is 7.59. The van der Waals surface area contributed by atoms with E-state index in [1.165, 1.54) is 44.3 Å². The highest BCUT2D eigenvalue weighted by Crippen LogP contribution is 2.21. The van der Waals surface area contributed by atoms with Gasteiger partial charge in [0.1, 0.15) is 5.75 Å². The van der Waals surface area contributed by atoms with Gasteiger partial charge in [0.15, 0.2) is 0 Å². The van der Waals surface area contributed by atoms with Gasteiger partial charge >= 0.3 is 0 Å². The quantitative estimate of drug-likeness (QED) is 0.739. The zero-order chi connectivity index (χ0) is 19.8. The topological polar surface area (TPSA) is 41.6 Å². The van der Waals surface area contributed by atoms with E-state index in [0.29, 0.717) is 5.56 Å². The number of rotatable bonds is 7. The number of amides is 1. The van der Waals surface area contributed by atoms with E-state index in [0.717, 1.165) is 24.3 Å². The first-order valence-electron chi connectivity index (χ1n) is 10.5. The van der Waals surface area contributed by atoms with Crippen molar-refractivity contribution in [1.29, 1.82) is 0 Å². The number of nitrogens with one attached hydrogen (secondary N) is 1. The molecule has 2 aromatic carbocycles. The van der Waals surface area contributed by atoms with Crippen molar-refractivity contribution in [2.45, 2.75) is 51.6 Å². The van der Waals surface area contributed by atoms with E-state index in [4.69, 9.17) is 4.74 Å². The molecule has 28 heavy (non-hydrogen) atoms. The lowest BCUT2D eigenvalue weighted by atomic mass is 10.0. The molecular weight excluding hydrogens is 348 g/mol. The highest BCUT2D eigenvalue weighted by molar-refractivity contribution is 5.94. The van der Waals surface area contributed by atoms with E-state index >= 15 is 0 Å². The van der Waals surface area contributed by atoms with E-state index in [-0.39, 0.29) is 11.9 Å². The van der Waals surface area contributed by atoms with Crippen LogP contribution in [0.15, 0.2) is 48.5 Å². The predicted molar refractivity (Wildman–Crippen MR) is 114 cm³/mol. The van der Waals surface area contributed by atoms with Gasteiger partial charge in [0.05, 0.1) is 13.2 Å². The third-order valence-electron chi connectivity index (χ3n) is 5.55. The Morgan fingerprint density at radius 2 is 1.64 bits per heavy atom. The molecule has 1 aliphatic rings. The van der Waals surface area contributed by atoms with E-state index in [2.05, 4.69) is 29.3 Å². The van der Waals surface area contributed by atoms with Crippen LogP contribution in [0.2, 0.25) is 0 Å². The summed E-state index contributed by atoms with van der Waals surface area (Å²) in [5.74, 6) is 0.800. The number of hydrogen-bond acceptors (Lipinski definition) is 3. The average molecular weight is 381 g/mol. The maximum absolute atomic E-state index is 12.7. The second kappa shape index (κ2) is 10.3. The molecule has 1 amide bonds. The molecule has 1 saturated heterocycles. The smallest absolute Gasteiger partial charge is 0.251 e. The summed E-state index contributed by atoms with van der Waals surface area (Å²) in [7, 11) is 1.66. The molecule has 0 radical (unpaired) electrons. The number of nitrogens with zero attached hydrogens (tertiary/aromatic N) is 1. The van der Waals surface area contributed by atoms with Crippen molar-refractivity contribution in [3.05, 3.63) is 65.2 Å². The number of hydrogen-bond donors (Lipinski definition) is 1. The first kappa shape index (κ1) is 20.4. The molecule has 2 aromatic rings. The summed E-state index contributed by atoms with van der Waals surface area (Å²) >= 11 is 0. The maximum atomic E-state index is 12.7. The summed E-state index contributed by atoms with van der Waals surface area (Å²) in [6, 6.07) is 16.0. The fraction of sp³-hybridized carbons (Fsp3) is 0.458. The first-order chi connectivity index (χ1) is 13.7. The summed E-state index contributed by atoms with van der Waals surface area (Å²) < 4.78 is 5.21. The Hall–Kier alpha value is -2.33. The normalized spacial score (nSPS) is 16.2. The molecule has 0 aromatic heterocycles. The van der Waals surface area contributed by atoms with E-state index in [1.54, 1.807) is 7.11 Å². The molecule has 0 spiro atoms. The van der Waals surface area contributed by atoms with E-state index < -0.39 is 0 Å². The largest absolute Gasteiger partial charge is 0.497 e. The van der Waals surface area contributed by atoms with Crippen LogP contribution in [0.1, 0.15) is 66.6 Å². The third kappa shape index (κ3) is 5.59. The molecule has 0 bridgehead atoms. The second-order valence-corrected chi connectivity index (χ2v) is 7.59. The van der Waals surface area contributed by atoms with Crippen LogP contribution >= 0.6 is 0 Å². The summed E-state index contributed by atoms with van der Waals surface area (Å²) in [5, 5.41) is 3.16. The lowest BCUT2D eigenvalue weighted by Crippen LogP contribution is -2.28. The molecule has 4 nitrogen and oxygen atoms in total. The Morgan fingerprint density at radius 3 is 2.21 bits per heavy atom. The van der Waals surface area contributed by atoms with Crippen LogP contribution in [0.4, 0.5) is 0 Å². The van der Waals surface area contributed by atoms with Crippen molar-refractivity contribution in [1.82, 2.24) is 10.2 Å². The number of ether oxygens (including phenoxy) is 1. The molecule has 0 aliphatic carbocycles. The van der Waals surface area contributed by atoms with Crippen LogP contribution in [0, 0.1) is 0 Å². The highest BCUT2D eigenvalue weighted by Gasteiger charge is 2.15. The van der Waals surface area contributed by atoms with Gasteiger partial charge in [-0.05, 0) is 67.7 Å². The lowest BCUT2D eigenvalue weighted by molar-refractivity contribution is 0.0935. The molecule has 4 heteroatoms. The van der Waals surface area contributed by atoms with Crippen molar-refractivity contribution < 1.29 is 9.53 Å². The summed E-state index contributed by atoms with van der Waals surface area (Å²) in [4.78, 5) is 15.2. The zero-order valence-electron chi connectivity index (χ0n) is 17.1. The van der Waals surface area contributed by atoms with Crippen LogP contribution in [0.5, 0.6) is 5.75 Å². The summed E-state index contributed by atoms with van der Waals surface area (Å²) in [5.41, 5.74) is 3.08. The molecule has 1 atom stereocenters. The van der Waals surface area contributed by atoms with Crippen LogP contribution in [-0.4, -0.2) is 31.0 Å². The molecule has 1 aliphatic heterocycles. The van der Waals surface area contributed by atoms with Gasteiger partial charge in [-0.25, -0.2) is 0 Å². The highest BCUT2D eigenvalue weighted by atomic mass is 16.5. The minimum Gasteiger partial charge on any atom is -0.497 e. The van der Waals surface area contributed by atoms with Gasteiger partial charge < -0.3 is 10.1 Å². The molecule has 1 N–H and O–H groups in total. The lowest BCUT2D eigenvalue weighted by Gasteiger charge is -2.20. The predicted octanol–water partition coefficient (Wildman–Crippen LogP) is 4.95. The van der Waals surface area contributed by atoms with Crippen LogP contribution in [0.3, 0.4) is 0 Å².